The molecule has 1 saturated heterocycles. The number of ether oxygens (including phenoxy) is 1. The number of hydrogen-bond acceptors (Lipinski definition) is 3. The summed E-state index contributed by atoms with van der Waals surface area (Å²) in [6.45, 7) is 3.70. The molecule has 2 rings (SSSR count). The van der Waals surface area contributed by atoms with E-state index in [0.717, 1.165) is 30.7 Å². The van der Waals surface area contributed by atoms with E-state index in [2.05, 4.69) is 20.8 Å². The number of carbonyl (C=O) groups excluding carboxylic acids is 1. The Kier molecular flexibility index (Phi) is 6.68. The van der Waals surface area contributed by atoms with Crippen molar-refractivity contribution in [1.82, 2.24) is 4.90 Å². The van der Waals surface area contributed by atoms with E-state index in [1.807, 2.05) is 6.07 Å². The third-order valence-corrected chi connectivity index (χ3v) is 4.70. The highest BCUT2D eigenvalue weighted by molar-refractivity contribution is 9.10. The van der Waals surface area contributed by atoms with Crippen LogP contribution in [0.25, 0.3) is 0 Å². The maximum absolute atomic E-state index is 12.3. The van der Waals surface area contributed by atoms with Gasteiger partial charge in [0, 0.05) is 36.7 Å². The smallest absolute Gasteiger partial charge is 0.165 e. The van der Waals surface area contributed by atoms with E-state index in [9.17, 15) is 4.79 Å². The normalized spacial score (nSPS) is 19.7. The summed E-state index contributed by atoms with van der Waals surface area (Å²) in [5.74, 6) is 0.705. The minimum Gasteiger partial charge on any atom is -0.384 e. The molecule has 1 aromatic carbocycles. The minimum absolute atomic E-state index is 0.112. The van der Waals surface area contributed by atoms with Gasteiger partial charge in [-0.15, -0.1) is 0 Å². The van der Waals surface area contributed by atoms with E-state index in [1.165, 1.54) is 12.8 Å². The lowest BCUT2D eigenvalue weighted by molar-refractivity contribution is 0.0831. The number of halogens is 2. The predicted molar refractivity (Wildman–Crippen MR) is 89.1 cm³/mol. The van der Waals surface area contributed by atoms with Gasteiger partial charge in [0.25, 0.3) is 0 Å². The van der Waals surface area contributed by atoms with Crippen molar-refractivity contribution < 1.29 is 9.53 Å². The van der Waals surface area contributed by atoms with Crippen LogP contribution in [0.5, 0.6) is 0 Å². The zero-order valence-corrected chi connectivity index (χ0v) is 14.6. The van der Waals surface area contributed by atoms with Gasteiger partial charge < -0.3 is 9.64 Å². The number of benzene rings is 1. The van der Waals surface area contributed by atoms with Crippen LogP contribution in [0.15, 0.2) is 22.7 Å². The third kappa shape index (κ3) is 5.06. The second kappa shape index (κ2) is 8.28. The number of rotatable bonds is 6. The summed E-state index contributed by atoms with van der Waals surface area (Å²) in [7, 11) is 1.75. The van der Waals surface area contributed by atoms with Gasteiger partial charge in [-0.25, -0.2) is 0 Å². The van der Waals surface area contributed by atoms with Crippen LogP contribution in [0.2, 0.25) is 5.02 Å². The predicted octanol–water partition coefficient (Wildman–Crippen LogP) is 4.03. The molecule has 0 aromatic heterocycles. The first kappa shape index (κ1) is 16.9. The molecule has 0 saturated carbocycles. The number of ketones is 1. The topological polar surface area (TPSA) is 29.5 Å². The molecule has 0 amide bonds. The van der Waals surface area contributed by atoms with Crippen molar-refractivity contribution in [3.05, 3.63) is 33.3 Å². The summed E-state index contributed by atoms with van der Waals surface area (Å²) in [6, 6.07) is 5.41. The lowest BCUT2D eigenvalue weighted by Crippen LogP contribution is -2.38. The Morgan fingerprint density at radius 3 is 3.05 bits per heavy atom. The largest absolute Gasteiger partial charge is 0.384 e. The molecule has 116 valence electrons. The molecule has 1 aliphatic heterocycles. The standard InChI is InChI=1S/C16H21BrClNO2/c1-21-11-12-3-2-7-19(10-12)8-6-16(20)14-5-4-13(17)9-15(14)18/h4-5,9,12H,2-3,6-8,10-11H2,1H3. The van der Waals surface area contributed by atoms with Crippen LogP contribution in [0, 0.1) is 5.92 Å². The van der Waals surface area contributed by atoms with Gasteiger partial charge in [-0.1, -0.05) is 27.5 Å². The van der Waals surface area contributed by atoms with Crippen molar-refractivity contribution in [2.75, 3.05) is 33.4 Å². The molecule has 1 unspecified atom stereocenters. The van der Waals surface area contributed by atoms with E-state index >= 15 is 0 Å². The Morgan fingerprint density at radius 2 is 2.33 bits per heavy atom. The van der Waals surface area contributed by atoms with Crippen LogP contribution >= 0.6 is 27.5 Å². The number of likely N-dealkylation sites (tertiary alicyclic amines) is 1. The molecule has 1 fully saturated rings. The van der Waals surface area contributed by atoms with Crippen molar-refractivity contribution in [2.45, 2.75) is 19.3 Å². The van der Waals surface area contributed by atoms with Gasteiger partial charge in [-0.3, -0.25) is 4.79 Å². The number of nitrogens with zero attached hydrogens (tertiary/aromatic N) is 1. The maximum atomic E-state index is 12.3. The van der Waals surface area contributed by atoms with Crippen molar-refractivity contribution in [1.29, 1.82) is 0 Å². The van der Waals surface area contributed by atoms with Crippen LogP contribution in [0.1, 0.15) is 29.6 Å². The van der Waals surface area contributed by atoms with Gasteiger partial charge in [-0.05, 0) is 43.5 Å². The van der Waals surface area contributed by atoms with Gasteiger partial charge >= 0.3 is 0 Å². The van der Waals surface area contributed by atoms with Crippen LogP contribution in [0.3, 0.4) is 0 Å². The summed E-state index contributed by atoms with van der Waals surface area (Å²) in [5.41, 5.74) is 0.616. The number of Topliss-reactive ketones (excluding diaryl/α,β-unsaturated/α-hetero) is 1. The van der Waals surface area contributed by atoms with Crippen molar-refractivity contribution in [3.63, 3.8) is 0 Å². The minimum atomic E-state index is 0.112. The Balaban J connectivity index is 1.86. The molecule has 0 spiro atoms. The van der Waals surface area contributed by atoms with Gasteiger partial charge in [0.2, 0.25) is 0 Å². The van der Waals surface area contributed by atoms with E-state index in [0.29, 0.717) is 22.9 Å². The van der Waals surface area contributed by atoms with E-state index in [4.69, 9.17) is 16.3 Å². The average Bonchev–Trinajstić information content (AvgIpc) is 2.45. The summed E-state index contributed by atoms with van der Waals surface area (Å²) >= 11 is 9.48. The van der Waals surface area contributed by atoms with Gasteiger partial charge in [-0.2, -0.15) is 0 Å². The van der Waals surface area contributed by atoms with Crippen LogP contribution in [-0.4, -0.2) is 44.0 Å². The fraction of sp³-hybridized carbons (Fsp3) is 0.562. The monoisotopic (exact) mass is 373 g/mol. The van der Waals surface area contributed by atoms with Crippen LogP contribution < -0.4 is 0 Å². The average molecular weight is 375 g/mol. The zero-order chi connectivity index (χ0) is 15.2. The first-order chi connectivity index (χ1) is 10.1. The summed E-state index contributed by atoms with van der Waals surface area (Å²) < 4.78 is 6.13. The molecule has 3 nitrogen and oxygen atoms in total. The molecular formula is C16H21BrClNO2. The summed E-state index contributed by atoms with van der Waals surface area (Å²) in [5, 5.41) is 0.519. The Labute approximate surface area is 139 Å². The second-order valence-corrected chi connectivity index (χ2v) is 6.88. The number of piperidine rings is 1. The number of methoxy groups -OCH3 is 1. The van der Waals surface area contributed by atoms with E-state index in [1.54, 1.807) is 19.2 Å². The summed E-state index contributed by atoms with van der Waals surface area (Å²) in [4.78, 5) is 14.6. The molecular weight excluding hydrogens is 354 g/mol. The molecule has 1 aliphatic rings. The fourth-order valence-electron chi connectivity index (χ4n) is 2.84. The Morgan fingerprint density at radius 1 is 1.52 bits per heavy atom. The highest BCUT2D eigenvalue weighted by Gasteiger charge is 2.20. The van der Waals surface area contributed by atoms with Crippen LogP contribution in [0.4, 0.5) is 0 Å². The lowest BCUT2D eigenvalue weighted by Gasteiger charge is -2.32. The molecule has 0 aliphatic carbocycles. The van der Waals surface area contributed by atoms with Crippen molar-refractivity contribution >= 4 is 33.3 Å². The highest BCUT2D eigenvalue weighted by atomic mass is 79.9. The highest BCUT2D eigenvalue weighted by Crippen LogP contribution is 2.23. The molecule has 1 aromatic rings. The van der Waals surface area contributed by atoms with Crippen molar-refractivity contribution in [3.8, 4) is 0 Å². The van der Waals surface area contributed by atoms with Gasteiger partial charge in [0.05, 0.1) is 11.6 Å². The lowest BCUT2D eigenvalue weighted by atomic mass is 9.98. The van der Waals surface area contributed by atoms with E-state index < -0.39 is 0 Å². The first-order valence-electron chi connectivity index (χ1n) is 7.29. The van der Waals surface area contributed by atoms with Gasteiger partial charge in [0.1, 0.15) is 0 Å². The first-order valence-corrected chi connectivity index (χ1v) is 8.46. The fourth-order valence-corrected chi connectivity index (χ4v) is 3.61. The molecule has 0 radical (unpaired) electrons. The summed E-state index contributed by atoms with van der Waals surface area (Å²) in [6.07, 6.45) is 2.92. The number of hydrogen-bond donors (Lipinski definition) is 0. The second-order valence-electron chi connectivity index (χ2n) is 5.56. The molecule has 5 heteroatoms. The Bertz CT molecular complexity index is 493. The third-order valence-electron chi connectivity index (χ3n) is 3.89. The quantitative estimate of drug-likeness (QED) is 0.704. The SMILES string of the molecule is COCC1CCCN(CCC(=O)c2ccc(Br)cc2Cl)C1. The Hall–Kier alpha value is -0.420. The molecule has 0 bridgehead atoms. The van der Waals surface area contributed by atoms with Crippen LogP contribution in [-0.2, 0) is 4.74 Å². The molecule has 1 heterocycles. The van der Waals surface area contributed by atoms with Gasteiger partial charge in [0.15, 0.2) is 5.78 Å². The molecule has 21 heavy (non-hydrogen) atoms. The van der Waals surface area contributed by atoms with Crippen molar-refractivity contribution in [2.24, 2.45) is 5.92 Å². The number of carbonyl (C=O) groups is 1. The maximum Gasteiger partial charge on any atom is 0.165 e. The zero-order valence-electron chi connectivity index (χ0n) is 12.3. The molecule has 0 N–H and O–H groups in total. The van der Waals surface area contributed by atoms with E-state index in [-0.39, 0.29) is 5.78 Å². The molecule has 1 atom stereocenters.